The molecule has 4 heteroatoms. The molecule has 0 fully saturated rings. The Morgan fingerprint density at radius 2 is 1.35 bits per heavy atom. The lowest BCUT2D eigenvalue weighted by Crippen LogP contribution is -2.01. The predicted molar refractivity (Wildman–Crippen MR) is 77.8 cm³/mol. The Bertz CT molecular complexity index is 796. The molecule has 0 bridgehead atoms. The first-order valence-electron chi connectivity index (χ1n) is 6.08. The quantitative estimate of drug-likeness (QED) is 0.322. The van der Waals surface area contributed by atoms with Crippen LogP contribution < -0.4 is 0 Å². The molecule has 3 aromatic rings. The van der Waals surface area contributed by atoms with E-state index in [0.29, 0.717) is 16.3 Å². The van der Waals surface area contributed by atoms with Crippen molar-refractivity contribution in [1.82, 2.24) is 0 Å². The third-order valence-corrected chi connectivity index (χ3v) is 3.37. The number of carboxylic acid groups (broad SMARTS) is 1. The SMILES string of the molecule is O=C(O)c1c2ccccc2c(C=NO)c2ccccc12. The van der Waals surface area contributed by atoms with Crippen molar-refractivity contribution in [2.45, 2.75) is 0 Å². The van der Waals surface area contributed by atoms with Crippen molar-refractivity contribution < 1.29 is 15.1 Å². The minimum atomic E-state index is -0.968. The minimum absolute atomic E-state index is 0.270. The van der Waals surface area contributed by atoms with Crippen molar-refractivity contribution in [3.8, 4) is 0 Å². The standard InChI is InChI=1S/C16H11NO3/c18-16(19)15-12-7-3-1-5-10(12)14(9-17-20)11-6-2-4-8-13(11)15/h1-9,20H,(H,18,19). The van der Waals surface area contributed by atoms with E-state index in [4.69, 9.17) is 5.21 Å². The second kappa shape index (κ2) is 4.66. The van der Waals surface area contributed by atoms with Crippen LogP contribution in [0.15, 0.2) is 53.7 Å². The molecule has 20 heavy (non-hydrogen) atoms. The number of benzene rings is 3. The summed E-state index contributed by atoms with van der Waals surface area (Å²) in [5, 5.41) is 24.3. The Kier molecular flexibility index (Phi) is 2.84. The molecule has 0 amide bonds. The molecule has 0 unspecified atom stereocenters. The number of carbonyl (C=O) groups is 1. The van der Waals surface area contributed by atoms with E-state index in [1.165, 1.54) is 6.21 Å². The van der Waals surface area contributed by atoms with Gasteiger partial charge in [0.25, 0.3) is 0 Å². The number of carboxylic acids is 1. The monoisotopic (exact) mass is 265 g/mol. The lowest BCUT2D eigenvalue weighted by molar-refractivity contribution is 0.0701. The van der Waals surface area contributed by atoms with Crippen LogP contribution in [0.1, 0.15) is 15.9 Å². The summed E-state index contributed by atoms with van der Waals surface area (Å²) in [6.45, 7) is 0. The van der Waals surface area contributed by atoms with E-state index < -0.39 is 5.97 Å². The van der Waals surface area contributed by atoms with Gasteiger partial charge in [0.05, 0.1) is 11.8 Å². The average Bonchev–Trinajstić information content (AvgIpc) is 2.47. The van der Waals surface area contributed by atoms with Crippen molar-refractivity contribution in [3.63, 3.8) is 0 Å². The lowest BCUT2D eigenvalue weighted by atomic mass is 9.92. The Labute approximate surface area is 114 Å². The summed E-state index contributed by atoms with van der Waals surface area (Å²) < 4.78 is 0. The molecule has 0 heterocycles. The average molecular weight is 265 g/mol. The van der Waals surface area contributed by atoms with Gasteiger partial charge in [-0.3, -0.25) is 0 Å². The van der Waals surface area contributed by atoms with Crippen LogP contribution in [0.2, 0.25) is 0 Å². The van der Waals surface area contributed by atoms with Crippen LogP contribution >= 0.6 is 0 Å². The fourth-order valence-electron chi connectivity index (χ4n) is 2.59. The fraction of sp³-hybridized carbons (Fsp3) is 0. The Hall–Kier alpha value is -2.88. The van der Waals surface area contributed by atoms with E-state index in [1.54, 1.807) is 24.3 Å². The van der Waals surface area contributed by atoms with E-state index >= 15 is 0 Å². The maximum atomic E-state index is 11.6. The van der Waals surface area contributed by atoms with Gasteiger partial charge >= 0.3 is 5.97 Å². The third-order valence-electron chi connectivity index (χ3n) is 3.37. The molecule has 0 atom stereocenters. The topological polar surface area (TPSA) is 69.9 Å². The van der Waals surface area contributed by atoms with Crippen LogP contribution in [-0.2, 0) is 0 Å². The first-order chi connectivity index (χ1) is 9.74. The molecule has 3 aromatic carbocycles. The van der Waals surface area contributed by atoms with E-state index in [0.717, 1.165) is 10.8 Å². The van der Waals surface area contributed by atoms with Crippen LogP contribution in [-0.4, -0.2) is 22.5 Å². The molecule has 0 aliphatic heterocycles. The summed E-state index contributed by atoms with van der Waals surface area (Å²) >= 11 is 0. The smallest absolute Gasteiger partial charge is 0.336 e. The van der Waals surface area contributed by atoms with Crippen LogP contribution in [0.3, 0.4) is 0 Å². The van der Waals surface area contributed by atoms with Crippen molar-refractivity contribution >= 4 is 33.7 Å². The van der Waals surface area contributed by atoms with Gasteiger partial charge in [0.1, 0.15) is 0 Å². The number of fused-ring (bicyclic) bond motifs is 2. The highest BCUT2D eigenvalue weighted by Gasteiger charge is 2.16. The molecule has 0 spiro atoms. The fourth-order valence-corrected chi connectivity index (χ4v) is 2.59. The Morgan fingerprint density at radius 1 is 0.900 bits per heavy atom. The van der Waals surface area contributed by atoms with E-state index in [2.05, 4.69) is 5.16 Å². The minimum Gasteiger partial charge on any atom is -0.478 e. The van der Waals surface area contributed by atoms with Gasteiger partial charge in [-0.15, -0.1) is 0 Å². The molecule has 98 valence electrons. The van der Waals surface area contributed by atoms with Crippen molar-refractivity contribution in [2.24, 2.45) is 5.16 Å². The van der Waals surface area contributed by atoms with Gasteiger partial charge in [-0.2, -0.15) is 0 Å². The van der Waals surface area contributed by atoms with Gasteiger partial charge in [-0.1, -0.05) is 53.7 Å². The second-order valence-electron chi connectivity index (χ2n) is 4.43. The molecule has 0 saturated carbocycles. The molecule has 0 saturated heterocycles. The van der Waals surface area contributed by atoms with Gasteiger partial charge < -0.3 is 10.3 Å². The highest BCUT2D eigenvalue weighted by atomic mass is 16.4. The first-order valence-corrected chi connectivity index (χ1v) is 6.08. The summed E-state index contributed by atoms with van der Waals surface area (Å²) in [6, 6.07) is 14.4. The second-order valence-corrected chi connectivity index (χ2v) is 4.43. The zero-order chi connectivity index (χ0) is 14.1. The van der Waals surface area contributed by atoms with E-state index in [-0.39, 0.29) is 5.56 Å². The van der Waals surface area contributed by atoms with Crippen LogP contribution in [0, 0.1) is 0 Å². The summed E-state index contributed by atoms with van der Waals surface area (Å²) in [5.74, 6) is -0.968. The largest absolute Gasteiger partial charge is 0.478 e. The summed E-state index contributed by atoms with van der Waals surface area (Å²) in [7, 11) is 0. The Morgan fingerprint density at radius 3 is 1.75 bits per heavy atom. The van der Waals surface area contributed by atoms with Crippen molar-refractivity contribution in [2.75, 3.05) is 0 Å². The maximum Gasteiger partial charge on any atom is 0.336 e. The molecule has 0 aliphatic carbocycles. The first kappa shape index (κ1) is 12.2. The normalized spacial score (nSPS) is 11.4. The number of hydrogen-bond donors (Lipinski definition) is 2. The predicted octanol–water partition coefficient (Wildman–Crippen LogP) is 3.50. The zero-order valence-corrected chi connectivity index (χ0v) is 10.4. The van der Waals surface area contributed by atoms with Gasteiger partial charge in [-0.25, -0.2) is 4.79 Å². The van der Waals surface area contributed by atoms with Gasteiger partial charge in [0, 0.05) is 5.56 Å². The van der Waals surface area contributed by atoms with Crippen molar-refractivity contribution in [3.05, 3.63) is 59.7 Å². The number of hydrogen-bond acceptors (Lipinski definition) is 3. The molecule has 0 aliphatic rings. The van der Waals surface area contributed by atoms with E-state index in [1.807, 2.05) is 24.3 Å². The molecule has 4 nitrogen and oxygen atoms in total. The molecule has 2 N–H and O–H groups in total. The number of rotatable bonds is 2. The molecular weight excluding hydrogens is 254 g/mol. The van der Waals surface area contributed by atoms with Crippen molar-refractivity contribution in [1.29, 1.82) is 0 Å². The summed E-state index contributed by atoms with van der Waals surface area (Å²) in [6.07, 6.45) is 1.34. The van der Waals surface area contributed by atoms with Crippen LogP contribution in [0.5, 0.6) is 0 Å². The van der Waals surface area contributed by atoms with Gasteiger partial charge in [-0.05, 0) is 21.5 Å². The number of aromatic carboxylic acids is 1. The summed E-state index contributed by atoms with van der Waals surface area (Å²) in [4.78, 5) is 11.6. The van der Waals surface area contributed by atoms with Crippen LogP contribution in [0.25, 0.3) is 21.5 Å². The molecular formula is C16H11NO3. The Balaban J connectivity index is 2.65. The highest BCUT2D eigenvalue weighted by Crippen LogP contribution is 2.32. The highest BCUT2D eigenvalue weighted by molar-refractivity contribution is 6.22. The summed E-state index contributed by atoms with van der Waals surface area (Å²) in [5.41, 5.74) is 0.981. The lowest BCUT2D eigenvalue weighted by Gasteiger charge is -2.11. The maximum absolute atomic E-state index is 11.6. The van der Waals surface area contributed by atoms with Crippen LogP contribution in [0.4, 0.5) is 0 Å². The van der Waals surface area contributed by atoms with E-state index in [9.17, 15) is 9.90 Å². The van der Waals surface area contributed by atoms with Gasteiger partial charge in [0.15, 0.2) is 0 Å². The van der Waals surface area contributed by atoms with Gasteiger partial charge in [0.2, 0.25) is 0 Å². The molecule has 0 aromatic heterocycles. The number of oxime groups is 1. The third kappa shape index (κ3) is 1.70. The molecule has 3 rings (SSSR count). The molecule has 0 radical (unpaired) electrons. The zero-order valence-electron chi connectivity index (χ0n) is 10.4. The number of nitrogens with zero attached hydrogens (tertiary/aromatic N) is 1.